The molecule has 0 heterocycles. The molecule has 0 saturated heterocycles. The zero-order valence-electron chi connectivity index (χ0n) is 11.1. The van der Waals surface area contributed by atoms with E-state index in [9.17, 15) is 13.2 Å². The molecule has 4 nitrogen and oxygen atoms in total. The van der Waals surface area contributed by atoms with Crippen LogP contribution in [0.15, 0.2) is 23.1 Å². The monoisotopic (exact) mass is 313 g/mol. The van der Waals surface area contributed by atoms with Gasteiger partial charge in [0.2, 0.25) is 5.91 Å². The fourth-order valence-electron chi connectivity index (χ4n) is 3.09. The minimum atomic E-state index is -3.73. The summed E-state index contributed by atoms with van der Waals surface area (Å²) in [5.74, 6) is 1.67. The summed E-state index contributed by atoms with van der Waals surface area (Å²) in [7, 11) is 1.57. The standard InChI is InChI=1S/C14H16ClNO3S/c1-8-4-12(20(15,18)19)2-3-13(8)16-14(17)11-6-9-5-10(9)7-11/h2-4,9-11H,5-7H2,1H3,(H,16,17). The lowest BCUT2D eigenvalue weighted by Crippen LogP contribution is -2.22. The van der Waals surface area contributed by atoms with Crippen molar-refractivity contribution in [3.8, 4) is 0 Å². The number of aryl methyl sites for hydroxylation is 1. The smallest absolute Gasteiger partial charge is 0.261 e. The number of fused-ring (bicyclic) bond motifs is 1. The molecule has 0 aliphatic heterocycles. The number of benzene rings is 1. The highest BCUT2D eigenvalue weighted by molar-refractivity contribution is 8.13. The zero-order chi connectivity index (χ0) is 14.5. The van der Waals surface area contributed by atoms with E-state index in [1.54, 1.807) is 13.0 Å². The molecule has 0 aromatic heterocycles. The number of hydrogen-bond donors (Lipinski definition) is 1. The lowest BCUT2D eigenvalue weighted by atomic mass is 10.0. The molecule has 6 heteroatoms. The lowest BCUT2D eigenvalue weighted by Gasteiger charge is -2.14. The van der Waals surface area contributed by atoms with Gasteiger partial charge in [0.25, 0.3) is 9.05 Å². The summed E-state index contributed by atoms with van der Waals surface area (Å²) in [6.45, 7) is 1.76. The topological polar surface area (TPSA) is 63.2 Å². The van der Waals surface area contributed by atoms with Crippen LogP contribution in [0.2, 0.25) is 0 Å². The maximum atomic E-state index is 12.2. The van der Waals surface area contributed by atoms with Gasteiger partial charge in [0.05, 0.1) is 4.90 Å². The van der Waals surface area contributed by atoms with Gasteiger partial charge < -0.3 is 5.32 Å². The summed E-state index contributed by atoms with van der Waals surface area (Å²) < 4.78 is 22.5. The van der Waals surface area contributed by atoms with Crippen LogP contribution in [0.5, 0.6) is 0 Å². The fraction of sp³-hybridized carbons (Fsp3) is 0.500. The number of carbonyl (C=O) groups is 1. The molecule has 2 saturated carbocycles. The van der Waals surface area contributed by atoms with Crippen molar-refractivity contribution in [2.45, 2.75) is 31.1 Å². The first-order valence-electron chi connectivity index (χ1n) is 6.71. The van der Waals surface area contributed by atoms with Gasteiger partial charge in [-0.1, -0.05) is 0 Å². The Morgan fingerprint density at radius 2 is 1.90 bits per heavy atom. The van der Waals surface area contributed by atoms with Crippen molar-refractivity contribution in [1.29, 1.82) is 0 Å². The maximum absolute atomic E-state index is 12.2. The molecule has 1 N–H and O–H groups in total. The van der Waals surface area contributed by atoms with Crippen LogP contribution in [0.1, 0.15) is 24.8 Å². The second-order valence-corrected chi connectivity index (χ2v) is 8.39. The molecular weight excluding hydrogens is 298 g/mol. The van der Waals surface area contributed by atoms with E-state index in [2.05, 4.69) is 5.32 Å². The van der Waals surface area contributed by atoms with Crippen LogP contribution in [0.25, 0.3) is 0 Å². The zero-order valence-corrected chi connectivity index (χ0v) is 12.7. The second-order valence-electron chi connectivity index (χ2n) is 5.83. The van der Waals surface area contributed by atoms with Crippen molar-refractivity contribution in [2.24, 2.45) is 17.8 Å². The number of halogens is 1. The Morgan fingerprint density at radius 3 is 2.45 bits per heavy atom. The third-order valence-corrected chi connectivity index (χ3v) is 5.70. The molecule has 2 fully saturated rings. The van der Waals surface area contributed by atoms with E-state index in [0.717, 1.165) is 24.7 Å². The van der Waals surface area contributed by atoms with Crippen LogP contribution in [0.3, 0.4) is 0 Å². The van der Waals surface area contributed by atoms with Crippen LogP contribution in [0.4, 0.5) is 5.69 Å². The third kappa shape index (κ3) is 2.69. The molecule has 2 aliphatic carbocycles. The van der Waals surface area contributed by atoms with Crippen LogP contribution in [0, 0.1) is 24.7 Å². The first-order valence-corrected chi connectivity index (χ1v) is 9.01. The van der Waals surface area contributed by atoms with E-state index in [-0.39, 0.29) is 16.7 Å². The van der Waals surface area contributed by atoms with Crippen LogP contribution < -0.4 is 5.32 Å². The molecule has 2 aliphatic rings. The Bertz CT molecular complexity index is 661. The number of rotatable bonds is 3. The minimum absolute atomic E-state index is 0.0433. The molecule has 1 aromatic rings. The number of anilines is 1. The van der Waals surface area contributed by atoms with Gasteiger partial charge in [-0.2, -0.15) is 0 Å². The second kappa shape index (κ2) is 4.74. The number of nitrogens with one attached hydrogen (secondary N) is 1. The normalized spacial score (nSPS) is 28.0. The Morgan fingerprint density at radius 1 is 1.25 bits per heavy atom. The van der Waals surface area contributed by atoms with E-state index in [1.165, 1.54) is 18.6 Å². The van der Waals surface area contributed by atoms with E-state index >= 15 is 0 Å². The van der Waals surface area contributed by atoms with E-state index in [0.29, 0.717) is 11.3 Å². The molecule has 3 rings (SSSR count). The highest BCUT2D eigenvalue weighted by Gasteiger charge is 2.47. The summed E-state index contributed by atoms with van der Waals surface area (Å²) in [5, 5.41) is 2.90. The summed E-state index contributed by atoms with van der Waals surface area (Å²) in [6.07, 6.45) is 3.26. The van der Waals surface area contributed by atoms with Crippen molar-refractivity contribution < 1.29 is 13.2 Å². The number of hydrogen-bond acceptors (Lipinski definition) is 3. The molecule has 108 valence electrons. The van der Waals surface area contributed by atoms with Gasteiger partial charge in [0, 0.05) is 22.3 Å². The van der Waals surface area contributed by atoms with Gasteiger partial charge in [0.1, 0.15) is 0 Å². The summed E-state index contributed by atoms with van der Waals surface area (Å²) >= 11 is 0. The van der Waals surface area contributed by atoms with Crippen molar-refractivity contribution in [3.63, 3.8) is 0 Å². The number of amides is 1. The van der Waals surface area contributed by atoms with Gasteiger partial charge in [-0.15, -0.1) is 0 Å². The SMILES string of the molecule is Cc1cc(S(=O)(=O)Cl)ccc1NC(=O)C1CC2CC2C1. The fourth-order valence-corrected chi connectivity index (χ4v) is 3.93. The van der Waals surface area contributed by atoms with Gasteiger partial charge in [-0.05, 0) is 61.8 Å². The maximum Gasteiger partial charge on any atom is 0.261 e. The Kier molecular flexibility index (Phi) is 3.29. The van der Waals surface area contributed by atoms with E-state index < -0.39 is 9.05 Å². The van der Waals surface area contributed by atoms with E-state index in [4.69, 9.17) is 10.7 Å². The van der Waals surface area contributed by atoms with Gasteiger partial charge in [-0.25, -0.2) is 8.42 Å². The van der Waals surface area contributed by atoms with Gasteiger partial charge in [-0.3, -0.25) is 4.79 Å². The highest BCUT2D eigenvalue weighted by atomic mass is 35.7. The quantitative estimate of drug-likeness (QED) is 0.873. The van der Waals surface area contributed by atoms with Crippen molar-refractivity contribution in [1.82, 2.24) is 0 Å². The molecule has 1 amide bonds. The Labute approximate surface area is 122 Å². The van der Waals surface area contributed by atoms with E-state index in [1.807, 2.05) is 0 Å². The Balaban J connectivity index is 1.72. The predicted octanol–water partition coefficient (Wildman–Crippen LogP) is 2.91. The van der Waals surface area contributed by atoms with Crippen molar-refractivity contribution in [2.75, 3.05) is 5.32 Å². The average Bonchev–Trinajstić information content (AvgIpc) is 2.97. The Hall–Kier alpha value is -1.07. The molecule has 0 bridgehead atoms. The molecular formula is C14H16ClNO3S. The van der Waals surface area contributed by atoms with Gasteiger partial charge >= 0.3 is 0 Å². The summed E-state index contributed by atoms with van der Waals surface area (Å²) in [4.78, 5) is 12.2. The molecule has 20 heavy (non-hydrogen) atoms. The molecule has 2 unspecified atom stereocenters. The van der Waals surface area contributed by atoms with Gasteiger partial charge in [0.15, 0.2) is 0 Å². The first-order chi connectivity index (χ1) is 9.34. The molecule has 0 radical (unpaired) electrons. The summed E-state index contributed by atoms with van der Waals surface area (Å²) in [5.41, 5.74) is 1.35. The third-order valence-electron chi connectivity index (χ3n) is 4.35. The van der Waals surface area contributed by atoms with Crippen LogP contribution >= 0.6 is 10.7 Å². The average molecular weight is 314 g/mol. The first kappa shape index (κ1) is 13.9. The molecule has 1 aromatic carbocycles. The lowest BCUT2D eigenvalue weighted by molar-refractivity contribution is -0.120. The minimum Gasteiger partial charge on any atom is -0.326 e. The molecule has 0 spiro atoms. The van der Waals surface area contributed by atoms with Crippen LogP contribution in [-0.2, 0) is 13.8 Å². The summed E-state index contributed by atoms with van der Waals surface area (Å²) in [6, 6.07) is 4.49. The predicted molar refractivity (Wildman–Crippen MR) is 77.2 cm³/mol. The largest absolute Gasteiger partial charge is 0.326 e. The van der Waals surface area contributed by atoms with Crippen molar-refractivity contribution >= 4 is 31.3 Å². The molecule has 2 atom stereocenters. The highest BCUT2D eigenvalue weighted by Crippen LogP contribution is 2.54. The number of carbonyl (C=O) groups excluding carboxylic acids is 1. The van der Waals surface area contributed by atoms with Crippen molar-refractivity contribution in [3.05, 3.63) is 23.8 Å². The van der Waals surface area contributed by atoms with Crippen LogP contribution in [-0.4, -0.2) is 14.3 Å².